The van der Waals surface area contributed by atoms with Gasteiger partial charge in [0.2, 0.25) is 53.2 Å². The molecular weight excluding hydrogens is 1530 g/mol. The van der Waals surface area contributed by atoms with Gasteiger partial charge in [-0.25, -0.2) is 4.79 Å². The molecule has 4 saturated carbocycles. The second-order valence-electron chi connectivity index (χ2n) is 32.1. The number of nitrogens with one attached hydrogen (secondary N) is 10. The fourth-order valence-electron chi connectivity index (χ4n) is 16.1. The molecule has 11 rings (SSSR count). The molecule has 32 nitrogen and oxygen atoms in total. The van der Waals surface area contributed by atoms with Crippen molar-refractivity contribution in [2.75, 3.05) is 72.1 Å². The Hall–Kier alpha value is -11.2. The third-order valence-corrected chi connectivity index (χ3v) is 23.3. The molecule has 2 saturated heterocycles. The number of benzene rings is 5. The van der Waals surface area contributed by atoms with Crippen LogP contribution in [0.2, 0.25) is 0 Å². The van der Waals surface area contributed by atoms with Gasteiger partial charge in [-0.05, 0) is 169 Å². The standard InChI is InChI=1S/C87H114N16O16/c88-35-17-13-29-65(81(111)95-67(31-15-19-37-90)83(113)97-68(87(117)118)32-16-20-38-91)94-82(112)66(30-14-18-36-89)96-84(114)73(49-104)93-75(105)44-92-76(106)50-119-74-39-55(85(115)102-45-61(77(107)98-69-40-57(69)51-21-5-1-6-22-51)62(46-102)78(108)99-70-41-58(70)52-23-7-2-8-24-52)33-34-56(74)86(116)103-47-63(79(109)100-71-42-59(71)53-25-9-3-10-26-53)64(48-103)80(110)101-72-43-60(72)54-27-11-4-12-28-54/h1-12,21-28,33-34,39,57-73,104H,13-20,29-32,35-38,40-50,88-91H2,(H,92,106)(H,93,105)(H,94,112)(H,95,111)(H,96,114)(H,97,113)(H,98,107)(H,99,108)(H,100,109)(H,101,110)(H,117,118)/t57-,58-,59-,60-,61-,62-,63-,64-,65?,66+,67?,68+,69+,70+,71+,72+,73?/m1/s1. The zero-order valence-electron chi connectivity index (χ0n) is 67.0. The number of hydrogen-bond donors (Lipinski definition) is 16. The number of rotatable bonds is 46. The second kappa shape index (κ2) is 43.0. The van der Waals surface area contributed by atoms with Gasteiger partial charge in [-0.3, -0.25) is 57.5 Å². The van der Waals surface area contributed by atoms with Crippen LogP contribution in [0.4, 0.5) is 0 Å². The van der Waals surface area contributed by atoms with Gasteiger partial charge in [-0.15, -0.1) is 0 Å². The summed E-state index contributed by atoms with van der Waals surface area (Å²) >= 11 is 0. The first kappa shape index (κ1) is 88.6. The first-order valence-electron chi connectivity index (χ1n) is 41.8. The van der Waals surface area contributed by atoms with Crippen LogP contribution in [0.25, 0.3) is 0 Å². The van der Waals surface area contributed by atoms with Crippen molar-refractivity contribution in [1.29, 1.82) is 0 Å². The lowest BCUT2D eigenvalue weighted by molar-refractivity contribution is -0.142. The summed E-state index contributed by atoms with van der Waals surface area (Å²) in [5.41, 5.74) is 26.9. The largest absolute Gasteiger partial charge is 0.483 e. The normalized spacial score (nSPS) is 23.0. The summed E-state index contributed by atoms with van der Waals surface area (Å²) in [4.78, 5) is 188. The molecule has 32 heteroatoms. The number of carbonyl (C=O) groups excluding carboxylic acids is 12. The van der Waals surface area contributed by atoms with Gasteiger partial charge in [-0.2, -0.15) is 0 Å². The van der Waals surface area contributed by atoms with Crippen LogP contribution < -0.4 is 80.8 Å². The fourth-order valence-corrected chi connectivity index (χ4v) is 16.1. The van der Waals surface area contributed by atoms with Crippen molar-refractivity contribution in [3.8, 4) is 5.75 Å². The Bertz CT molecular complexity index is 4210. The van der Waals surface area contributed by atoms with E-state index in [-0.39, 0.29) is 143 Å². The number of unbranched alkanes of at least 4 members (excludes halogenated alkanes) is 4. The van der Waals surface area contributed by atoms with Gasteiger partial charge in [0.15, 0.2) is 6.61 Å². The Balaban J connectivity index is 0.787. The van der Waals surface area contributed by atoms with Gasteiger partial charge < -0.3 is 101 Å². The van der Waals surface area contributed by atoms with Gasteiger partial charge in [0, 0.05) is 79.6 Å². The number of ether oxygens (including phenoxy) is 1. The van der Waals surface area contributed by atoms with E-state index < -0.39 is 150 Å². The molecule has 0 radical (unpaired) electrons. The Morgan fingerprint density at radius 3 is 1.03 bits per heavy atom. The van der Waals surface area contributed by atoms with E-state index >= 15 is 9.59 Å². The van der Waals surface area contributed by atoms with Gasteiger partial charge in [0.05, 0.1) is 42.4 Å². The number of carbonyl (C=O) groups is 13. The van der Waals surface area contributed by atoms with Crippen LogP contribution in [0.15, 0.2) is 140 Å². The molecule has 5 aromatic carbocycles. The predicted octanol–water partition coefficient (Wildman–Crippen LogP) is 1.26. The van der Waals surface area contributed by atoms with E-state index in [1.54, 1.807) is 0 Å². The third kappa shape index (κ3) is 24.7. The van der Waals surface area contributed by atoms with E-state index in [4.69, 9.17) is 27.7 Å². The predicted molar refractivity (Wildman–Crippen MR) is 440 cm³/mol. The minimum Gasteiger partial charge on any atom is -0.483 e. The molecule has 4 aliphatic carbocycles. The van der Waals surface area contributed by atoms with Crippen LogP contribution >= 0.6 is 0 Å². The van der Waals surface area contributed by atoms with Crippen LogP contribution in [0, 0.1) is 23.7 Å². The van der Waals surface area contributed by atoms with E-state index in [0.29, 0.717) is 77.2 Å². The van der Waals surface area contributed by atoms with Crippen LogP contribution in [0.5, 0.6) is 5.75 Å². The Morgan fingerprint density at radius 1 is 0.387 bits per heavy atom. The molecule has 638 valence electrons. The Kier molecular flexibility index (Phi) is 32.0. The molecule has 0 aromatic heterocycles. The summed E-state index contributed by atoms with van der Waals surface area (Å²) in [6.45, 7) is -2.46. The Labute approximate surface area is 692 Å². The van der Waals surface area contributed by atoms with E-state index in [1.807, 2.05) is 121 Å². The molecule has 6 fully saturated rings. The lowest BCUT2D eigenvalue weighted by Crippen LogP contribution is -2.59. The molecule has 5 aromatic rings. The number of carboxylic acid groups (broad SMARTS) is 1. The quantitative estimate of drug-likeness (QED) is 0.0244. The second-order valence-corrected chi connectivity index (χ2v) is 32.1. The molecule has 6 aliphatic rings. The number of amides is 12. The molecule has 2 aliphatic heterocycles. The van der Waals surface area contributed by atoms with Crippen LogP contribution in [0.3, 0.4) is 0 Å². The molecule has 20 N–H and O–H groups in total. The molecule has 0 spiro atoms. The molecule has 12 amide bonds. The molecule has 119 heavy (non-hydrogen) atoms. The van der Waals surface area contributed by atoms with Crippen molar-refractivity contribution >= 4 is 76.9 Å². The monoisotopic (exact) mass is 1640 g/mol. The summed E-state index contributed by atoms with van der Waals surface area (Å²) in [5.74, 6) is -13.8. The van der Waals surface area contributed by atoms with Crippen molar-refractivity contribution in [2.45, 2.75) is 181 Å². The maximum absolute atomic E-state index is 15.3. The molecule has 0 bridgehead atoms. The highest BCUT2D eigenvalue weighted by Gasteiger charge is 2.52. The Morgan fingerprint density at radius 2 is 0.706 bits per heavy atom. The van der Waals surface area contributed by atoms with E-state index in [2.05, 4.69) is 53.2 Å². The summed E-state index contributed by atoms with van der Waals surface area (Å²) in [6.07, 6.45) is 6.09. The number of hydrogen-bond acceptors (Lipinski definition) is 19. The molecule has 2 heterocycles. The van der Waals surface area contributed by atoms with Crippen LogP contribution in [-0.4, -0.2) is 223 Å². The highest BCUT2D eigenvalue weighted by molar-refractivity contribution is 6.03. The average Bonchev–Trinajstić information content (AvgIpc) is 1.63. The lowest BCUT2D eigenvalue weighted by Gasteiger charge is -2.27. The average molecular weight is 1640 g/mol. The number of nitrogens with two attached hydrogens (primary N) is 4. The highest BCUT2D eigenvalue weighted by Crippen LogP contribution is 2.45. The number of carboxylic acids is 1. The fraction of sp³-hybridized carbons (Fsp3) is 0.506. The minimum absolute atomic E-state index is 0.0260. The number of aliphatic hydroxyl groups is 1. The summed E-state index contributed by atoms with van der Waals surface area (Å²) < 4.78 is 6.18. The topological polar surface area (TPSA) is 502 Å². The number of likely N-dealkylation sites (tertiary alicyclic amines) is 2. The first-order valence-corrected chi connectivity index (χ1v) is 41.8. The van der Waals surface area contributed by atoms with Crippen molar-refractivity contribution < 1.29 is 77.3 Å². The van der Waals surface area contributed by atoms with Crippen molar-refractivity contribution in [1.82, 2.24) is 63.0 Å². The van der Waals surface area contributed by atoms with E-state index in [0.717, 1.165) is 22.3 Å². The van der Waals surface area contributed by atoms with Gasteiger partial charge in [0.25, 0.3) is 17.7 Å². The smallest absolute Gasteiger partial charge is 0.326 e. The van der Waals surface area contributed by atoms with Crippen molar-refractivity contribution in [3.05, 3.63) is 173 Å². The number of aliphatic hydroxyl groups excluding tert-OH is 1. The molecular formula is C87H114N16O16. The highest BCUT2D eigenvalue weighted by atomic mass is 16.5. The van der Waals surface area contributed by atoms with Gasteiger partial charge in [0.1, 0.15) is 36.0 Å². The SMILES string of the molecule is NCCCCC(NC(=O)C(CCCCN)NC(=O)[C@H](CCCCN)NC(=O)C(CO)NC(=O)CNC(=O)COc1cc(C(=O)N2C[C@@H](C(=O)N[C@H]3C[C@@H]3c3ccccc3)[C@H](C(=O)N[C@H]3C[C@@H]3c3ccccc3)C2)ccc1C(=O)N1C[C@@H](C(=O)N[C@H]2C[C@@H]2c2ccccc2)[C@H](C(=O)N[C@H]2C[C@@H]2c2ccccc2)C1)C(=O)N[C@@H](CCCCN)C(=O)O. The van der Waals surface area contributed by atoms with Gasteiger partial charge in [-0.1, -0.05) is 121 Å². The molecule has 17 atom stereocenters. The van der Waals surface area contributed by atoms with Crippen LogP contribution in [-0.2, 0) is 52.7 Å². The number of nitrogens with zero attached hydrogens (tertiary/aromatic N) is 2. The van der Waals surface area contributed by atoms with Gasteiger partial charge >= 0.3 is 5.97 Å². The maximum atomic E-state index is 15.3. The maximum Gasteiger partial charge on any atom is 0.326 e. The number of aliphatic carboxylic acids is 1. The van der Waals surface area contributed by atoms with Crippen LogP contribution in [0.1, 0.15) is 169 Å². The lowest BCUT2D eigenvalue weighted by atomic mass is 9.94. The summed E-state index contributed by atoms with van der Waals surface area (Å²) in [5, 5.41) is 48.3. The molecule has 3 unspecified atom stereocenters. The minimum atomic E-state index is -1.72. The zero-order valence-corrected chi connectivity index (χ0v) is 67.0. The van der Waals surface area contributed by atoms with Crippen molar-refractivity contribution in [3.63, 3.8) is 0 Å². The summed E-state index contributed by atoms with van der Waals surface area (Å²) in [6, 6.07) is 35.1. The van der Waals surface area contributed by atoms with Crippen molar-refractivity contribution in [2.24, 2.45) is 46.6 Å². The van der Waals surface area contributed by atoms with E-state index in [9.17, 15) is 63.0 Å². The third-order valence-electron chi connectivity index (χ3n) is 23.3. The zero-order chi connectivity index (χ0) is 84.7. The summed E-state index contributed by atoms with van der Waals surface area (Å²) in [7, 11) is 0. The van der Waals surface area contributed by atoms with E-state index in [1.165, 1.54) is 28.0 Å². The first-order chi connectivity index (χ1) is 57.6.